The van der Waals surface area contributed by atoms with Gasteiger partial charge in [0, 0.05) is 11.4 Å². The monoisotopic (exact) mass is 538 g/mol. The number of hydrogen-bond donors (Lipinski definition) is 1. The van der Waals surface area contributed by atoms with Crippen molar-refractivity contribution in [3.63, 3.8) is 0 Å². The molecule has 0 saturated heterocycles. The predicted octanol–water partition coefficient (Wildman–Crippen LogP) is 5.13. The summed E-state index contributed by atoms with van der Waals surface area (Å²) in [5.41, 5.74) is 1.47. The van der Waals surface area contributed by atoms with E-state index in [1.165, 1.54) is 48.4 Å². The Morgan fingerprint density at radius 3 is 2.83 bits per heavy atom. The zero-order valence-electron chi connectivity index (χ0n) is 19.2. The van der Waals surface area contributed by atoms with E-state index < -0.39 is 11.8 Å². The highest BCUT2D eigenvalue weighted by Crippen LogP contribution is 2.38. The van der Waals surface area contributed by atoms with Crippen LogP contribution in [0.15, 0.2) is 23.4 Å². The molecule has 0 atom stereocenters. The SMILES string of the molecule is CCn1c(COc2ccc(F)cc2Cl)nnc1SCC(=O)Nc1sc2c(c1C(=O)OC)CCCC2. The largest absolute Gasteiger partial charge is 0.484 e. The quantitative estimate of drug-likeness (QED) is 0.298. The second kappa shape index (κ2) is 11.4. The predicted molar refractivity (Wildman–Crippen MR) is 133 cm³/mol. The van der Waals surface area contributed by atoms with E-state index in [-0.39, 0.29) is 23.3 Å². The number of anilines is 1. The lowest BCUT2D eigenvalue weighted by Gasteiger charge is -2.11. The van der Waals surface area contributed by atoms with Gasteiger partial charge >= 0.3 is 5.97 Å². The molecule has 0 radical (unpaired) electrons. The van der Waals surface area contributed by atoms with Crippen LogP contribution in [0.2, 0.25) is 5.02 Å². The maximum Gasteiger partial charge on any atom is 0.341 e. The number of benzene rings is 1. The van der Waals surface area contributed by atoms with Crippen LogP contribution in [0.3, 0.4) is 0 Å². The molecule has 0 unspecified atom stereocenters. The highest BCUT2D eigenvalue weighted by molar-refractivity contribution is 7.99. The average molecular weight is 539 g/mol. The fourth-order valence-corrected chi connectivity index (χ4v) is 6.19. The molecule has 0 bridgehead atoms. The normalized spacial score (nSPS) is 12.8. The Kier molecular flexibility index (Phi) is 8.30. The minimum Gasteiger partial charge on any atom is -0.484 e. The third kappa shape index (κ3) is 5.79. The van der Waals surface area contributed by atoms with E-state index in [1.54, 1.807) is 0 Å². The lowest BCUT2D eigenvalue weighted by atomic mass is 9.95. The molecule has 8 nitrogen and oxygen atoms in total. The number of rotatable bonds is 9. The molecule has 2 heterocycles. The molecule has 1 aromatic carbocycles. The number of amides is 1. The highest BCUT2D eigenvalue weighted by atomic mass is 35.5. The molecule has 0 spiro atoms. The molecule has 2 aromatic heterocycles. The van der Waals surface area contributed by atoms with Crippen molar-refractivity contribution >= 4 is 51.6 Å². The Morgan fingerprint density at radius 1 is 1.29 bits per heavy atom. The van der Waals surface area contributed by atoms with Crippen molar-refractivity contribution in [2.24, 2.45) is 0 Å². The van der Waals surface area contributed by atoms with Crippen LogP contribution in [0.25, 0.3) is 0 Å². The van der Waals surface area contributed by atoms with Crippen molar-refractivity contribution in [2.45, 2.75) is 50.9 Å². The van der Waals surface area contributed by atoms with Gasteiger partial charge < -0.3 is 19.4 Å². The molecule has 1 aliphatic rings. The van der Waals surface area contributed by atoms with E-state index in [0.29, 0.717) is 33.8 Å². The van der Waals surface area contributed by atoms with Crippen molar-refractivity contribution < 1.29 is 23.5 Å². The van der Waals surface area contributed by atoms with Gasteiger partial charge in [-0.2, -0.15) is 0 Å². The van der Waals surface area contributed by atoms with Crippen LogP contribution in [-0.2, 0) is 35.5 Å². The van der Waals surface area contributed by atoms with Crippen LogP contribution in [0.4, 0.5) is 9.39 Å². The molecule has 4 rings (SSSR count). The third-order valence-corrected chi connectivity index (χ3v) is 7.98. The maximum absolute atomic E-state index is 13.2. The number of nitrogens with zero attached hydrogens (tertiary/aromatic N) is 3. The molecule has 0 aliphatic heterocycles. The molecule has 12 heteroatoms. The number of aromatic nitrogens is 3. The van der Waals surface area contributed by atoms with Crippen LogP contribution >= 0.6 is 34.7 Å². The lowest BCUT2D eigenvalue weighted by Crippen LogP contribution is -2.17. The van der Waals surface area contributed by atoms with Gasteiger partial charge in [-0.25, -0.2) is 9.18 Å². The van der Waals surface area contributed by atoms with Crippen molar-refractivity contribution in [1.29, 1.82) is 0 Å². The Morgan fingerprint density at radius 2 is 2.09 bits per heavy atom. The van der Waals surface area contributed by atoms with E-state index >= 15 is 0 Å². The minimum absolute atomic E-state index is 0.0855. The highest BCUT2D eigenvalue weighted by Gasteiger charge is 2.27. The summed E-state index contributed by atoms with van der Waals surface area (Å²) in [5.74, 6) is -0.143. The number of ether oxygens (including phenoxy) is 2. The fourth-order valence-electron chi connectivity index (χ4n) is 3.85. The smallest absolute Gasteiger partial charge is 0.341 e. The van der Waals surface area contributed by atoms with Crippen molar-refractivity contribution in [3.8, 4) is 5.75 Å². The Bertz CT molecular complexity index is 1250. The molecule has 186 valence electrons. The van der Waals surface area contributed by atoms with E-state index in [4.69, 9.17) is 21.1 Å². The van der Waals surface area contributed by atoms with E-state index in [2.05, 4.69) is 15.5 Å². The van der Waals surface area contributed by atoms with Gasteiger partial charge in [0.15, 0.2) is 11.0 Å². The topological polar surface area (TPSA) is 95.3 Å². The number of esters is 1. The summed E-state index contributed by atoms with van der Waals surface area (Å²) in [5, 5.41) is 12.5. The zero-order chi connectivity index (χ0) is 24.9. The molecule has 35 heavy (non-hydrogen) atoms. The first-order chi connectivity index (χ1) is 16.9. The second-order valence-electron chi connectivity index (χ2n) is 7.75. The number of carbonyl (C=O) groups excluding carboxylic acids is 2. The van der Waals surface area contributed by atoms with E-state index in [0.717, 1.165) is 36.1 Å². The Labute approximate surface area is 215 Å². The first kappa shape index (κ1) is 25.5. The van der Waals surface area contributed by atoms with Crippen LogP contribution in [0.5, 0.6) is 5.75 Å². The van der Waals surface area contributed by atoms with Crippen molar-refractivity contribution in [1.82, 2.24) is 14.8 Å². The average Bonchev–Trinajstić information content (AvgIpc) is 3.41. The molecular formula is C23H24ClFN4O4S2. The molecule has 1 aliphatic carbocycles. The standard InChI is InChI=1S/C23H24ClFN4O4S2/c1-3-29-18(11-33-16-9-8-13(25)10-15(16)24)27-28-23(29)34-12-19(30)26-21-20(22(31)32-2)14-6-4-5-7-17(14)35-21/h8-10H,3-7,11-12H2,1-2H3,(H,26,30). The number of thioether (sulfide) groups is 1. The van der Waals surface area contributed by atoms with Crippen molar-refractivity contribution in [3.05, 3.63) is 50.9 Å². The summed E-state index contributed by atoms with van der Waals surface area (Å²) < 4.78 is 25.7. The second-order valence-corrected chi connectivity index (χ2v) is 10.2. The summed E-state index contributed by atoms with van der Waals surface area (Å²) in [7, 11) is 1.35. The number of methoxy groups -OCH3 is 1. The Balaban J connectivity index is 1.40. The van der Waals surface area contributed by atoms with Gasteiger partial charge in [-0.15, -0.1) is 21.5 Å². The Hall–Kier alpha value is -2.63. The fraction of sp³-hybridized carbons (Fsp3) is 0.391. The molecule has 0 fully saturated rings. The first-order valence-corrected chi connectivity index (χ1v) is 13.2. The van der Waals surface area contributed by atoms with Gasteiger partial charge in [0.05, 0.1) is 23.4 Å². The third-order valence-electron chi connectivity index (χ3n) is 5.51. The molecule has 1 N–H and O–H groups in total. The van der Waals surface area contributed by atoms with Crippen LogP contribution in [0, 0.1) is 5.82 Å². The molecule has 0 saturated carbocycles. The van der Waals surface area contributed by atoms with Crippen LogP contribution in [-0.4, -0.2) is 39.5 Å². The minimum atomic E-state index is -0.447. The van der Waals surface area contributed by atoms with Gasteiger partial charge in [-0.1, -0.05) is 23.4 Å². The van der Waals surface area contributed by atoms with Crippen LogP contribution < -0.4 is 10.1 Å². The number of hydrogen-bond acceptors (Lipinski definition) is 8. The van der Waals surface area contributed by atoms with Gasteiger partial charge in [-0.3, -0.25) is 4.79 Å². The number of carbonyl (C=O) groups is 2. The van der Waals surface area contributed by atoms with Gasteiger partial charge in [0.2, 0.25) is 5.91 Å². The summed E-state index contributed by atoms with van der Waals surface area (Å²) in [4.78, 5) is 26.3. The van der Waals surface area contributed by atoms with Gasteiger partial charge in [0.1, 0.15) is 23.2 Å². The maximum atomic E-state index is 13.2. The van der Waals surface area contributed by atoms with Crippen molar-refractivity contribution in [2.75, 3.05) is 18.2 Å². The summed E-state index contributed by atoms with van der Waals surface area (Å²) in [6.07, 6.45) is 3.81. The number of halogens is 2. The van der Waals surface area contributed by atoms with Crippen LogP contribution in [0.1, 0.15) is 46.4 Å². The molecule has 3 aromatic rings. The number of thiophene rings is 1. The number of nitrogens with one attached hydrogen (secondary N) is 1. The van der Waals surface area contributed by atoms with E-state index in [9.17, 15) is 14.0 Å². The zero-order valence-corrected chi connectivity index (χ0v) is 21.6. The number of aryl methyl sites for hydroxylation is 1. The number of fused-ring (bicyclic) bond motifs is 1. The van der Waals surface area contributed by atoms with Gasteiger partial charge in [-0.05, 0) is 56.4 Å². The van der Waals surface area contributed by atoms with Gasteiger partial charge in [0.25, 0.3) is 0 Å². The lowest BCUT2D eigenvalue weighted by molar-refractivity contribution is -0.113. The molecule has 1 amide bonds. The summed E-state index contributed by atoms with van der Waals surface area (Å²) in [6, 6.07) is 3.90. The first-order valence-electron chi connectivity index (χ1n) is 11.1. The van der Waals surface area contributed by atoms with E-state index in [1.807, 2.05) is 11.5 Å². The molecular weight excluding hydrogens is 515 g/mol. The summed E-state index contributed by atoms with van der Waals surface area (Å²) in [6.45, 7) is 2.58. The summed E-state index contributed by atoms with van der Waals surface area (Å²) >= 11 is 8.70.